The molecule has 2 atom stereocenters. The van der Waals surface area contributed by atoms with Crippen molar-refractivity contribution in [1.82, 2.24) is 4.98 Å². The minimum Gasteiger partial charge on any atom is -0.495 e. The third-order valence-electron chi connectivity index (χ3n) is 4.48. The molecular formula is C18H20N2O6. The third-order valence-corrected chi connectivity index (χ3v) is 4.48. The van der Waals surface area contributed by atoms with E-state index in [0.717, 1.165) is 0 Å². The van der Waals surface area contributed by atoms with Gasteiger partial charge in [-0.05, 0) is 19.9 Å². The number of rotatable bonds is 3. The Bertz CT molecular complexity index is 1010. The fraction of sp³-hybridized carbons (Fsp3) is 0.444. The van der Waals surface area contributed by atoms with Crippen LogP contribution in [-0.2, 0) is 4.74 Å². The molecule has 3 heterocycles. The highest BCUT2D eigenvalue weighted by Gasteiger charge is 2.28. The number of aromatic nitrogens is 1. The van der Waals surface area contributed by atoms with Gasteiger partial charge in [0.15, 0.2) is 11.2 Å². The van der Waals surface area contributed by atoms with Crippen LogP contribution in [0.2, 0.25) is 0 Å². The second-order valence-corrected chi connectivity index (χ2v) is 6.40. The van der Waals surface area contributed by atoms with Gasteiger partial charge in [-0.2, -0.15) is 4.98 Å². The van der Waals surface area contributed by atoms with Crippen molar-refractivity contribution in [1.29, 1.82) is 0 Å². The maximum Gasteiger partial charge on any atom is 0.301 e. The van der Waals surface area contributed by atoms with Gasteiger partial charge < -0.3 is 27.9 Å². The molecule has 3 aromatic rings. The van der Waals surface area contributed by atoms with Crippen molar-refractivity contribution in [2.24, 2.45) is 0 Å². The average Bonchev–Trinajstić information content (AvgIpc) is 3.08. The molecule has 8 heteroatoms. The molecule has 0 N–H and O–H groups in total. The summed E-state index contributed by atoms with van der Waals surface area (Å²) in [6.45, 7) is 5.10. The molecule has 2 unspecified atom stereocenters. The standard InChI is InChI=1S/C18H20N2O6/c1-9-7-20(8-10(2)25-9)18-19-17(21)12-13(22-3)11-5-6-24-14(11)16(23-4)15(12)26-18/h5-6,9-10H,7-8H2,1-4H3. The van der Waals surface area contributed by atoms with E-state index in [1.54, 1.807) is 6.07 Å². The molecular weight excluding hydrogens is 340 g/mol. The van der Waals surface area contributed by atoms with E-state index in [1.165, 1.54) is 20.5 Å². The van der Waals surface area contributed by atoms with Crippen LogP contribution < -0.4 is 19.9 Å². The first-order valence-electron chi connectivity index (χ1n) is 8.39. The minimum atomic E-state index is -0.439. The number of hydrogen-bond donors (Lipinski definition) is 0. The van der Waals surface area contributed by atoms with E-state index < -0.39 is 5.56 Å². The normalized spacial score (nSPS) is 20.7. The van der Waals surface area contributed by atoms with E-state index in [-0.39, 0.29) is 29.2 Å². The van der Waals surface area contributed by atoms with Gasteiger partial charge in [0, 0.05) is 13.1 Å². The molecule has 1 aliphatic rings. The fourth-order valence-electron chi connectivity index (χ4n) is 3.53. The number of fused-ring (bicyclic) bond motifs is 2. The Balaban J connectivity index is 1.99. The number of morpholine rings is 1. The number of methoxy groups -OCH3 is 2. The van der Waals surface area contributed by atoms with Crippen molar-refractivity contribution < 1.29 is 23.0 Å². The Labute approximate surface area is 149 Å². The van der Waals surface area contributed by atoms with Crippen LogP contribution in [-0.4, -0.2) is 44.5 Å². The van der Waals surface area contributed by atoms with Gasteiger partial charge in [-0.3, -0.25) is 4.79 Å². The first-order chi connectivity index (χ1) is 12.5. The summed E-state index contributed by atoms with van der Waals surface area (Å²) in [6.07, 6.45) is 1.52. The van der Waals surface area contributed by atoms with E-state index in [4.69, 9.17) is 23.0 Å². The Kier molecular flexibility index (Phi) is 3.99. The number of anilines is 1. The topological polar surface area (TPSA) is 87.2 Å². The molecule has 1 aromatic carbocycles. The Morgan fingerprint density at radius 3 is 2.46 bits per heavy atom. The summed E-state index contributed by atoms with van der Waals surface area (Å²) in [7, 11) is 2.99. The van der Waals surface area contributed by atoms with E-state index in [1.807, 2.05) is 18.7 Å². The summed E-state index contributed by atoms with van der Waals surface area (Å²) in [5.74, 6) is 0.706. The zero-order valence-corrected chi connectivity index (χ0v) is 15.1. The molecule has 0 aliphatic carbocycles. The zero-order valence-electron chi connectivity index (χ0n) is 15.1. The van der Waals surface area contributed by atoms with Gasteiger partial charge in [0.1, 0.15) is 11.1 Å². The lowest BCUT2D eigenvalue weighted by atomic mass is 10.1. The van der Waals surface area contributed by atoms with Crippen LogP contribution in [0, 0.1) is 0 Å². The Morgan fingerprint density at radius 1 is 1.12 bits per heavy atom. The van der Waals surface area contributed by atoms with E-state index in [2.05, 4.69) is 4.98 Å². The molecule has 0 saturated carbocycles. The van der Waals surface area contributed by atoms with Crippen LogP contribution in [0.3, 0.4) is 0 Å². The molecule has 138 valence electrons. The maximum absolute atomic E-state index is 12.8. The molecule has 0 amide bonds. The lowest BCUT2D eigenvalue weighted by Crippen LogP contribution is -2.46. The van der Waals surface area contributed by atoms with Crippen LogP contribution in [0.15, 0.2) is 26.0 Å². The molecule has 1 saturated heterocycles. The number of nitrogens with zero attached hydrogens (tertiary/aromatic N) is 2. The van der Waals surface area contributed by atoms with Crippen molar-refractivity contribution in [3.63, 3.8) is 0 Å². The second kappa shape index (κ2) is 6.21. The molecule has 1 aliphatic heterocycles. The summed E-state index contributed by atoms with van der Waals surface area (Å²) in [4.78, 5) is 18.9. The lowest BCUT2D eigenvalue weighted by Gasteiger charge is -2.34. The highest BCUT2D eigenvalue weighted by molar-refractivity contribution is 6.06. The number of ether oxygens (including phenoxy) is 3. The summed E-state index contributed by atoms with van der Waals surface area (Å²) < 4.78 is 28.2. The molecule has 0 spiro atoms. The predicted molar refractivity (Wildman–Crippen MR) is 95.4 cm³/mol. The van der Waals surface area contributed by atoms with Gasteiger partial charge in [0.2, 0.25) is 5.75 Å². The van der Waals surface area contributed by atoms with Crippen molar-refractivity contribution in [3.05, 3.63) is 22.7 Å². The summed E-state index contributed by atoms with van der Waals surface area (Å²) in [6, 6.07) is 1.95. The molecule has 4 rings (SSSR count). The van der Waals surface area contributed by atoms with E-state index >= 15 is 0 Å². The Morgan fingerprint density at radius 2 is 1.81 bits per heavy atom. The van der Waals surface area contributed by atoms with Gasteiger partial charge in [-0.15, -0.1) is 0 Å². The highest BCUT2D eigenvalue weighted by atomic mass is 16.5. The van der Waals surface area contributed by atoms with Crippen molar-refractivity contribution in [2.75, 3.05) is 32.2 Å². The summed E-state index contributed by atoms with van der Waals surface area (Å²) in [5, 5.41) is 0.865. The number of furan rings is 1. The molecule has 1 fully saturated rings. The van der Waals surface area contributed by atoms with Crippen molar-refractivity contribution in [2.45, 2.75) is 26.1 Å². The van der Waals surface area contributed by atoms with Gasteiger partial charge >= 0.3 is 6.01 Å². The van der Waals surface area contributed by atoms with E-state index in [9.17, 15) is 4.79 Å². The van der Waals surface area contributed by atoms with E-state index in [0.29, 0.717) is 35.6 Å². The summed E-state index contributed by atoms with van der Waals surface area (Å²) in [5.41, 5.74) is 0.278. The largest absolute Gasteiger partial charge is 0.495 e. The zero-order chi connectivity index (χ0) is 18.4. The minimum absolute atomic E-state index is 0.00512. The number of hydrogen-bond acceptors (Lipinski definition) is 8. The number of benzene rings is 1. The van der Waals surface area contributed by atoms with Gasteiger partial charge in [-0.1, -0.05) is 0 Å². The SMILES string of the molecule is COc1c2occc2c(OC)c2c(=O)nc(N3CC(C)OC(C)C3)oc12. The highest BCUT2D eigenvalue weighted by Crippen LogP contribution is 2.42. The van der Waals surface area contributed by atoms with Crippen LogP contribution >= 0.6 is 0 Å². The summed E-state index contributed by atoms with van der Waals surface area (Å²) >= 11 is 0. The molecule has 8 nitrogen and oxygen atoms in total. The first-order valence-corrected chi connectivity index (χ1v) is 8.39. The predicted octanol–water partition coefficient (Wildman–Crippen LogP) is 2.57. The third kappa shape index (κ3) is 2.48. The quantitative estimate of drug-likeness (QED) is 0.704. The molecule has 0 radical (unpaired) electrons. The van der Waals surface area contributed by atoms with Crippen LogP contribution in [0.25, 0.3) is 21.9 Å². The van der Waals surface area contributed by atoms with Gasteiger partial charge in [0.25, 0.3) is 5.56 Å². The molecule has 26 heavy (non-hydrogen) atoms. The fourth-order valence-corrected chi connectivity index (χ4v) is 3.53. The maximum atomic E-state index is 12.8. The monoisotopic (exact) mass is 360 g/mol. The first kappa shape index (κ1) is 16.7. The van der Waals surface area contributed by atoms with Gasteiger partial charge in [0.05, 0.1) is 38.1 Å². The van der Waals surface area contributed by atoms with Gasteiger partial charge in [-0.25, -0.2) is 0 Å². The molecule has 0 bridgehead atoms. The van der Waals surface area contributed by atoms with Crippen LogP contribution in [0.5, 0.6) is 11.5 Å². The van der Waals surface area contributed by atoms with Crippen molar-refractivity contribution in [3.8, 4) is 11.5 Å². The average molecular weight is 360 g/mol. The van der Waals surface area contributed by atoms with Crippen molar-refractivity contribution >= 4 is 28.0 Å². The Hall–Kier alpha value is -2.74. The second-order valence-electron chi connectivity index (χ2n) is 6.40. The lowest BCUT2D eigenvalue weighted by molar-refractivity contribution is -0.00675. The van der Waals surface area contributed by atoms with Crippen LogP contribution in [0.1, 0.15) is 13.8 Å². The van der Waals surface area contributed by atoms with Crippen LogP contribution in [0.4, 0.5) is 6.01 Å². The molecule has 2 aromatic heterocycles. The smallest absolute Gasteiger partial charge is 0.301 e.